The number of aromatic nitrogens is 1. The van der Waals surface area contributed by atoms with Gasteiger partial charge in [0.15, 0.2) is 0 Å². The van der Waals surface area contributed by atoms with Crippen LogP contribution in [0.15, 0.2) is 36.4 Å². The second kappa shape index (κ2) is 5.15. The first-order valence-corrected chi connectivity index (χ1v) is 5.68. The molecule has 88 valence electrons. The summed E-state index contributed by atoms with van der Waals surface area (Å²) < 4.78 is 18.2. The number of hydrogen-bond donors (Lipinski definition) is 0. The van der Waals surface area contributed by atoms with E-state index < -0.39 is 0 Å². The first-order valence-electron chi connectivity index (χ1n) is 5.15. The first kappa shape index (κ1) is 11.9. The Kier molecular flexibility index (Phi) is 3.59. The van der Waals surface area contributed by atoms with E-state index in [4.69, 9.17) is 16.3 Å². The lowest BCUT2D eigenvalue weighted by molar-refractivity contribution is 0.459. The van der Waals surface area contributed by atoms with Crippen molar-refractivity contribution in [2.75, 3.05) is 0 Å². The highest BCUT2D eigenvalue weighted by Crippen LogP contribution is 2.21. The van der Waals surface area contributed by atoms with Crippen molar-refractivity contribution in [3.63, 3.8) is 0 Å². The molecule has 2 rings (SSSR count). The van der Waals surface area contributed by atoms with Crippen molar-refractivity contribution in [1.82, 2.24) is 4.98 Å². The zero-order chi connectivity index (χ0) is 12.3. The second-order valence-corrected chi connectivity index (χ2v) is 3.85. The molecule has 2 aromatic rings. The fourth-order valence-corrected chi connectivity index (χ4v) is 1.67. The number of ether oxygens (including phenoxy) is 1. The third kappa shape index (κ3) is 2.94. The van der Waals surface area contributed by atoms with E-state index in [1.165, 1.54) is 12.1 Å². The maximum atomic E-state index is 12.7. The minimum Gasteiger partial charge on any atom is -0.439 e. The van der Waals surface area contributed by atoms with Crippen LogP contribution < -0.4 is 4.74 Å². The van der Waals surface area contributed by atoms with Gasteiger partial charge in [-0.25, -0.2) is 9.37 Å². The molecule has 0 aliphatic rings. The molecule has 0 spiro atoms. The molecule has 0 unspecified atom stereocenters. The molecule has 0 N–H and O–H groups in total. The zero-order valence-electron chi connectivity index (χ0n) is 9.28. The molecule has 0 aliphatic carbocycles. The molecule has 1 aromatic carbocycles. The van der Waals surface area contributed by atoms with E-state index in [2.05, 4.69) is 4.98 Å². The largest absolute Gasteiger partial charge is 0.439 e. The van der Waals surface area contributed by atoms with Gasteiger partial charge in [-0.05, 0) is 36.8 Å². The number of pyridine rings is 1. The number of rotatable bonds is 3. The van der Waals surface area contributed by atoms with Crippen molar-refractivity contribution < 1.29 is 9.13 Å². The zero-order valence-corrected chi connectivity index (χ0v) is 10.0. The van der Waals surface area contributed by atoms with Gasteiger partial charge in [-0.2, -0.15) is 0 Å². The minimum absolute atomic E-state index is 0.293. The van der Waals surface area contributed by atoms with E-state index in [1.807, 2.05) is 13.0 Å². The van der Waals surface area contributed by atoms with Gasteiger partial charge in [-0.15, -0.1) is 11.6 Å². The smallest absolute Gasteiger partial charge is 0.219 e. The Morgan fingerprint density at radius 2 is 1.88 bits per heavy atom. The summed E-state index contributed by atoms with van der Waals surface area (Å²) in [5.74, 6) is 1.16. The molecule has 0 saturated carbocycles. The molecule has 1 heterocycles. The molecule has 0 fully saturated rings. The summed E-state index contributed by atoms with van der Waals surface area (Å²) in [6.07, 6.45) is 0. The van der Waals surface area contributed by atoms with Crippen LogP contribution in [0.2, 0.25) is 0 Å². The molecule has 0 aliphatic heterocycles. The van der Waals surface area contributed by atoms with Gasteiger partial charge in [0.25, 0.3) is 0 Å². The van der Waals surface area contributed by atoms with Crippen molar-refractivity contribution in [2.45, 2.75) is 12.8 Å². The van der Waals surface area contributed by atoms with E-state index in [9.17, 15) is 4.39 Å². The van der Waals surface area contributed by atoms with Crippen LogP contribution in [0, 0.1) is 12.7 Å². The van der Waals surface area contributed by atoms with Crippen molar-refractivity contribution >= 4 is 11.6 Å². The Hall–Kier alpha value is -1.61. The topological polar surface area (TPSA) is 22.1 Å². The van der Waals surface area contributed by atoms with E-state index in [-0.39, 0.29) is 5.82 Å². The normalized spacial score (nSPS) is 10.3. The number of alkyl halides is 1. The lowest BCUT2D eigenvalue weighted by atomic mass is 10.2. The van der Waals surface area contributed by atoms with Gasteiger partial charge < -0.3 is 4.74 Å². The molecule has 1 aromatic heterocycles. The number of halogens is 2. The molecule has 0 atom stereocenters. The predicted octanol–water partition coefficient (Wildman–Crippen LogP) is 4.06. The first-order chi connectivity index (χ1) is 8.19. The Bertz CT molecular complexity index is 513. The van der Waals surface area contributed by atoms with Gasteiger partial charge in [0.2, 0.25) is 5.88 Å². The van der Waals surface area contributed by atoms with Gasteiger partial charge in [0, 0.05) is 17.6 Å². The minimum atomic E-state index is -0.293. The summed E-state index contributed by atoms with van der Waals surface area (Å²) in [7, 11) is 0. The van der Waals surface area contributed by atoms with Crippen molar-refractivity contribution in [1.29, 1.82) is 0 Å². The molecule has 0 amide bonds. The Morgan fingerprint density at radius 1 is 1.18 bits per heavy atom. The highest BCUT2D eigenvalue weighted by molar-refractivity contribution is 6.17. The van der Waals surface area contributed by atoms with Gasteiger partial charge in [-0.1, -0.05) is 6.07 Å². The van der Waals surface area contributed by atoms with Gasteiger partial charge in [-0.3, -0.25) is 0 Å². The van der Waals surface area contributed by atoms with Crippen molar-refractivity contribution in [2.24, 2.45) is 0 Å². The standard InChI is InChI=1S/C13H11ClFNO/c1-9-10(8-14)2-7-13(16-9)17-12-5-3-11(15)4-6-12/h2-7H,8H2,1H3. The molecule has 17 heavy (non-hydrogen) atoms. The number of benzene rings is 1. The van der Waals surface area contributed by atoms with Gasteiger partial charge in [0.1, 0.15) is 11.6 Å². The molecule has 0 saturated heterocycles. The third-order valence-corrected chi connectivity index (χ3v) is 2.64. The van der Waals surface area contributed by atoms with Crippen LogP contribution in [0.1, 0.15) is 11.3 Å². The number of hydrogen-bond acceptors (Lipinski definition) is 2. The lowest BCUT2D eigenvalue weighted by Crippen LogP contribution is -1.93. The SMILES string of the molecule is Cc1nc(Oc2ccc(F)cc2)ccc1CCl. The second-order valence-electron chi connectivity index (χ2n) is 3.58. The monoisotopic (exact) mass is 251 g/mol. The molecule has 0 radical (unpaired) electrons. The fourth-order valence-electron chi connectivity index (χ4n) is 1.39. The summed E-state index contributed by atoms with van der Waals surface area (Å²) in [5, 5.41) is 0. The van der Waals surface area contributed by atoms with Crippen LogP contribution in [0.3, 0.4) is 0 Å². The average Bonchev–Trinajstić information content (AvgIpc) is 2.32. The summed E-state index contributed by atoms with van der Waals surface area (Å²) in [6.45, 7) is 1.87. The summed E-state index contributed by atoms with van der Waals surface area (Å²) >= 11 is 5.74. The lowest BCUT2D eigenvalue weighted by Gasteiger charge is -2.07. The maximum Gasteiger partial charge on any atom is 0.219 e. The molecule has 0 bridgehead atoms. The Balaban J connectivity index is 2.19. The Morgan fingerprint density at radius 3 is 2.47 bits per heavy atom. The van der Waals surface area contributed by atoms with Crippen molar-refractivity contribution in [3.8, 4) is 11.6 Å². The average molecular weight is 252 g/mol. The molecule has 2 nitrogen and oxygen atoms in total. The van der Waals surface area contributed by atoms with Crippen LogP contribution in [-0.4, -0.2) is 4.98 Å². The van der Waals surface area contributed by atoms with E-state index in [1.54, 1.807) is 18.2 Å². The van der Waals surface area contributed by atoms with Gasteiger partial charge in [0.05, 0.1) is 0 Å². The summed E-state index contributed by atoms with van der Waals surface area (Å²) in [4.78, 5) is 4.26. The van der Waals surface area contributed by atoms with Gasteiger partial charge >= 0.3 is 0 Å². The van der Waals surface area contributed by atoms with Crippen LogP contribution in [0.5, 0.6) is 11.6 Å². The number of nitrogens with zero attached hydrogens (tertiary/aromatic N) is 1. The highest BCUT2D eigenvalue weighted by Gasteiger charge is 2.03. The predicted molar refractivity (Wildman–Crippen MR) is 65.0 cm³/mol. The van der Waals surface area contributed by atoms with Crippen LogP contribution >= 0.6 is 11.6 Å². The fraction of sp³-hybridized carbons (Fsp3) is 0.154. The highest BCUT2D eigenvalue weighted by atomic mass is 35.5. The summed E-state index contributed by atoms with van der Waals surface area (Å²) in [6, 6.07) is 9.41. The van der Waals surface area contributed by atoms with Crippen LogP contribution in [-0.2, 0) is 5.88 Å². The summed E-state index contributed by atoms with van der Waals surface area (Å²) in [5.41, 5.74) is 1.80. The van der Waals surface area contributed by atoms with E-state index in [0.717, 1.165) is 11.3 Å². The molecular formula is C13H11ClFNO. The molecular weight excluding hydrogens is 241 g/mol. The van der Waals surface area contributed by atoms with Crippen LogP contribution in [0.25, 0.3) is 0 Å². The van der Waals surface area contributed by atoms with E-state index in [0.29, 0.717) is 17.5 Å². The third-order valence-electron chi connectivity index (χ3n) is 2.35. The van der Waals surface area contributed by atoms with E-state index >= 15 is 0 Å². The Labute approximate surface area is 104 Å². The quantitative estimate of drug-likeness (QED) is 0.768. The van der Waals surface area contributed by atoms with Crippen molar-refractivity contribution in [3.05, 3.63) is 53.5 Å². The maximum absolute atomic E-state index is 12.7. The number of aryl methyl sites for hydroxylation is 1. The molecule has 4 heteroatoms. The van der Waals surface area contributed by atoms with Crippen LogP contribution in [0.4, 0.5) is 4.39 Å².